The zero-order chi connectivity index (χ0) is 78.7. The smallest absolute Gasteiger partial charge is 0.295 e. The van der Waals surface area contributed by atoms with Crippen LogP contribution in [-0.2, 0) is 60.4 Å². The molecule has 0 spiro atoms. The minimum Gasteiger partial charge on any atom is -0.396 e. The number of unbranched alkanes of at least 4 members (excludes halogenated alkanes) is 2. The van der Waals surface area contributed by atoms with E-state index in [0.717, 1.165) is 140 Å². The molecule has 0 amide bonds. The van der Waals surface area contributed by atoms with E-state index < -0.39 is 4.92 Å². The van der Waals surface area contributed by atoms with Crippen LogP contribution in [0.5, 0.6) is 0 Å². The van der Waals surface area contributed by atoms with Gasteiger partial charge in [-0.15, -0.1) is 0 Å². The molecule has 0 saturated heterocycles. The van der Waals surface area contributed by atoms with Crippen molar-refractivity contribution in [1.82, 2.24) is 73.8 Å². The maximum atomic E-state index is 12.8. The van der Waals surface area contributed by atoms with Crippen LogP contribution >= 0.6 is 58.0 Å². The molecule has 28 nitrogen and oxygen atoms in total. The third-order valence-electron chi connectivity index (χ3n) is 19.7. The number of nitro benzene ring substituents is 1. The monoisotopic (exact) mass is 1580 g/mol. The molecule has 5 aromatic carbocycles. The summed E-state index contributed by atoms with van der Waals surface area (Å²) >= 11 is 31.1. The summed E-state index contributed by atoms with van der Waals surface area (Å²) in [6.07, 6.45) is 8.98. The number of nitrogens with two attached hydrogens (primary N) is 4. The van der Waals surface area contributed by atoms with Gasteiger partial charge in [0.2, 0.25) is 0 Å². The van der Waals surface area contributed by atoms with Gasteiger partial charge in [0.25, 0.3) is 33.5 Å². The van der Waals surface area contributed by atoms with E-state index in [-0.39, 0.29) is 57.2 Å². The number of aliphatic hydroxyl groups is 1. The van der Waals surface area contributed by atoms with Crippen molar-refractivity contribution >= 4 is 173 Å². The van der Waals surface area contributed by atoms with E-state index >= 15 is 0 Å². The number of nitrogens with zero attached hydrogens (tertiary/aromatic N) is 11. The van der Waals surface area contributed by atoms with Crippen molar-refractivity contribution in [1.29, 1.82) is 0 Å². The molecule has 0 radical (unpaired) electrons. The number of hydrogen-bond acceptors (Lipinski definition) is 17. The highest BCUT2D eigenvalue weighted by Crippen LogP contribution is 2.36. The number of nitro groups is 1. The number of fused-ring (bicyclic) bond motifs is 15. The number of nitrogens with one attached hydrogen (secondary N) is 5. The number of rotatable bonds is 18. The lowest BCUT2D eigenvalue weighted by Crippen LogP contribution is -2.23. The normalized spacial score (nSPS) is 11.6. The van der Waals surface area contributed by atoms with Crippen LogP contribution in [0.4, 0.5) is 5.69 Å². The highest BCUT2D eigenvalue weighted by Gasteiger charge is 2.26. The summed E-state index contributed by atoms with van der Waals surface area (Å²) in [5, 5.41) is 65.9. The Morgan fingerprint density at radius 2 is 0.633 bits per heavy atom. The molecule has 15 rings (SSSR count). The first-order chi connectivity index (χ1) is 52.1. The van der Waals surface area contributed by atoms with E-state index in [0.29, 0.717) is 131 Å². The van der Waals surface area contributed by atoms with E-state index in [2.05, 4.69) is 51.0 Å². The van der Waals surface area contributed by atoms with Crippen LogP contribution in [0.25, 0.3) is 109 Å². The molecular weight excluding hydrogens is 1500 g/mol. The molecule has 572 valence electrons. The highest BCUT2D eigenvalue weighted by atomic mass is 35.5. The number of hydrogen-bond donors (Lipinski definition) is 10. The van der Waals surface area contributed by atoms with Crippen molar-refractivity contribution in [2.24, 2.45) is 51.1 Å². The van der Waals surface area contributed by atoms with Crippen LogP contribution in [0.1, 0.15) is 95.7 Å². The molecule has 0 saturated carbocycles. The fourth-order valence-electron chi connectivity index (χ4n) is 14.6. The van der Waals surface area contributed by atoms with Gasteiger partial charge in [0.1, 0.15) is 33.1 Å². The Morgan fingerprint density at radius 3 is 0.908 bits per heavy atom. The minimum absolute atomic E-state index is 0.0313. The van der Waals surface area contributed by atoms with Gasteiger partial charge in [0, 0.05) is 128 Å². The lowest BCUT2D eigenvalue weighted by atomic mass is 10.0. The third kappa shape index (κ3) is 15.6. The first-order valence-corrected chi connectivity index (χ1v) is 37.4. The van der Waals surface area contributed by atoms with Crippen molar-refractivity contribution in [2.45, 2.75) is 112 Å². The van der Waals surface area contributed by atoms with Crippen molar-refractivity contribution in [3.8, 4) is 0 Å². The largest absolute Gasteiger partial charge is 0.396 e. The predicted molar refractivity (Wildman–Crippen MR) is 439 cm³/mol. The first-order valence-electron chi connectivity index (χ1n) is 35.5. The number of pyridine rings is 5. The van der Waals surface area contributed by atoms with Crippen LogP contribution < -0.4 is 50.7 Å². The summed E-state index contributed by atoms with van der Waals surface area (Å²) in [4.78, 5) is 74.1. The maximum absolute atomic E-state index is 12.8. The number of non-ortho nitro benzene ring substituents is 1. The average molecular weight is 1580 g/mol. The van der Waals surface area contributed by atoms with Crippen molar-refractivity contribution in [3.05, 3.63) is 198 Å². The van der Waals surface area contributed by atoms with Gasteiger partial charge in [-0.3, -0.25) is 59.6 Å². The van der Waals surface area contributed by atoms with E-state index in [9.17, 15) is 34.1 Å². The lowest BCUT2D eigenvalue weighted by molar-refractivity contribution is -0.383. The molecule has 0 bridgehead atoms. The molecule has 0 aliphatic carbocycles. The molecule has 0 aliphatic rings. The SMILES string of the molecule is Cc1[nH]nc2c1c(=O)n(C)c1c(CCCCN)cc(Cl)cc21.Cc1[nH]nc2c1c(=O)n(C)c1c(CCCCN)cc(Cl)cc21.Cc1[nH]nc2c1c(=O)n(C)c1c(CCCN)cc(Cl)cc21.Cc1[nH]nc2c1c(=O)n(C)c1c(CCCO)cc(Cl)cc21.Cc1[nH]nc2c1c(=O)n(CCCN)c1c([N+](=O)[O-])cc(Cl)cc21. The third-order valence-corrected chi connectivity index (χ3v) is 20.8. The van der Waals surface area contributed by atoms with Crippen molar-refractivity contribution in [2.75, 3.05) is 32.8 Å². The molecule has 109 heavy (non-hydrogen) atoms. The molecule has 0 unspecified atom stereocenters. The number of aryl methyl sites for hydroxylation is 14. The van der Waals surface area contributed by atoms with Gasteiger partial charge in [-0.05, 0) is 208 Å². The fraction of sp³-hybridized carbons (Fsp3) is 0.342. The van der Waals surface area contributed by atoms with Gasteiger partial charge >= 0.3 is 0 Å². The summed E-state index contributed by atoms with van der Waals surface area (Å²) < 4.78 is 8.12. The number of aliphatic hydroxyl groups excluding tert-OH is 1. The number of aromatic nitrogens is 15. The second-order valence-electron chi connectivity index (χ2n) is 27.1. The van der Waals surface area contributed by atoms with Crippen LogP contribution in [-0.4, -0.2) is 117 Å². The number of aromatic amines is 5. The molecular formula is C76H85Cl5N20O8. The van der Waals surface area contributed by atoms with Gasteiger partial charge < -0.3 is 50.9 Å². The summed E-state index contributed by atoms with van der Waals surface area (Å²) in [5.74, 6) is 0. The van der Waals surface area contributed by atoms with E-state index in [1.807, 2.05) is 76.2 Å². The minimum atomic E-state index is -0.544. The summed E-state index contributed by atoms with van der Waals surface area (Å²) in [6, 6.07) is 17.9. The van der Waals surface area contributed by atoms with Gasteiger partial charge in [-0.2, -0.15) is 25.5 Å². The maximum Gasteiger partial charge on any atom is 0.295 e. The van der Waals surface area contributed by atoms with Crippen LogP contribution in [0.2, 0.25) is 25.1 Å². The Bertz CT molecular complexity index is 6080. The summed E-state index contributed by atoms with van der Waals surface area (Å²) in [5.41, 5.74) is 36.2. The molecule has 14 N–H and O–H groups in total. The lowest BCUT2D eigenvalue weighted by Gasteiger charge is -2.12. The Hall–Kier alpha value is -9.85. The van der Waals surface area contributed by atoms with Gasteiger partial charge in [-0.1, -0.05) is 58.0 Å². The molecule has 0 fully saturated rings. The number of H-pyrrole nitrogens is 5. The van der Waals surface area contributed by atoms with Crippen molar-refractivity contribution in [3.63, 3.8) is 0 Å². The first kappa shape index (κ1) is 80.2. The number of halogens is 5. The molecule has 10 heterocycles. The molecule has 0 aliphatic heterocycles. The molecule has 33 heteroatoms. The van der Waals surface area contributed by atoms with E-state index in [1.54, 1.807) is 59.4 Å². The molecule has 0 atom stereocenters. The fourth-order valence-corrected chi connectivity index (χ4v) is 15.7. The van der Waals surface area contributed by atoms with E-state index in [1.165, 1.54) is 10.6 Å². The standard InChI is InChI=1S/2C16H19ClN4O.C15H17ClN4O.C15H16ClN3O2.C14H14ClN5O3/c2*1-9-13-14(20-19-9)12-8-11(17)7-10(5-3-4-6-18)15(12)21(2)16(13)22;1-8-12-13(19-18-8)11-7-10(16)6-9(4-3-5-17)14(11)20(2)15(12)21;1-8-12-13(18-17-8)11-7-10(16)6-9(4-3-5-20)14(11)19(2)15(12)21;1-7-11-12(18-17-7)9-5-8(15)6-10(20(22)23)13(9)19(14(11)21)4-2-3-16/h2*7-8H,3-6,18H2,1-2H3,(H,19,20);6-7H,3-5,17H2,1-2H3,(H,18,19);6-7,20H,3-5H2,1-2H3,(H,17,18);5-6H,2-4,16H2,1H3,(H,17,18). The Balaban J connectivity index is 0.000000135. The second-order valence-corrected chi connectivity index (χ2v) is 29.2. The summed E-state index contributed by atoms with van der Waals surface area (Å²) in [6.45, 7) is 11.8. The highest BCUT2D eigenvalue weighted by molar-refractivity contribution is 6.34. The zero-order valence-electron chi connectivity index (χ0n) is 61.7. The Morgan fingerprint density at radius 1 is 0.376 bits per heavy atom. The Kier molecular flexibility index (Phi) is 25.0. The van der Waals surface area contributed by atoms with Gasteiger partial charge in [0.15, 0.2) is 0 Å². The van der Waals surface area contributed by atoms with Crippen molar-refractivity contribution < 1.29 is 10.0 Å². The molecule has 15 aromatic rings. The quantitative estimate of drug-likeness (QED) is 0.0217. The van der Waals surface area contributed by atoms with Crippen LogP contribution in [0, 0.1) is 44.7 Å². The predicted octanol–water partition coefficient (Wildman–Crippen LogP) is 12.0. The number of benzene rings is 5. The molecule has 10 aromatic heterocycles. The van der Waals surface area contributed by atoms with Crippen LogP contribution in [0.15, 0.2) is 84.6 Å². The average Bonchev–Trinajstić information content (AvgIpc) is 1.74. The summed E-state index contributed by atoms with van der Waals surface area (Å²) in [7, 11) is 7.15. The zero-order valence-corrected chi connectivity index (χ0v) is 65.5. The van der Waals surface area contributed by atoms with Gasteiger partial charge in [0.05, 0.1) is 53.9 Å². The van der Waals surface area contributed by atoms with E-state index in [4.69, 9.17) is 86.0 Å². The van der Waals surface area contributed by atoms with Crippen LogP contribution in [0.3, 0.4) is 0 Å². The second kappa shape index (κ2) is 34.0. The Labute approximate surface area is 646 Å². The van der Waals surface area contributed by atoms with Gasteiger partial charge in [-0.25, -0.2) is 0 Å². The topological polar surface area (TPSA) is 421 Å².